The molecule has 3 saturated carbocycles. The van der Waals surface area contributed by atoms with Crippen LogP contribution < -0.4 is 9.47 Å². The SMILES string of the molecule is CCOc1c(OC)ccc2c1C13CCN(CC4CC4)C(C2)C12CCC1C3C(CN1Cc1ccccc1)C2. The fraction of sp³-hybridized carbons (Fsp3) is 0.636. The van der Waals surface area contributed by atoms with E-state index in [4.69, 9.17) is 9.47 Å². The van der Waals surface area contributed by atoms with E-state index in [9.17, 15) is 0 Å². The fourth-order valence-electron chi connectivity index (χ4n) is 10.6. The third kappa shape index (κ3) is 3.03. The van der Waals surface area contributed by atoms with Crippen LogP contribution in [0.3, 0.4) is 0 Å². The van der Waals surface area contributed by atoms with Crippen molar-refractivity contribution in [2.45, 2.75) is 75.9 Å². The van der Waals surface area contributed by atoms with Crippen molar-refractivity contribution in [3.8, 4) is 11.5 Å². The Hall–Kier alpha value is -2.04. The van der Waals surface area contributed by atoms with Crippen molar-refractivity contribution in [2.24, 2.45) is 23.2 Å². The molecule has 6 atom stereocenters. The second kappa shape index (κ2) is 8.23. The van der Waals surface area contributed by atoms with E-state index in [0.29, 0.717) is 24.1 Å². The highest BCUT2D eigenvalue weighted by molar-refractivity contribution is 5.60. The van der Waals surface area contributed by atoms with E-state index in [1.165, 1.54) is 70.1 Å². The minimum atomic E-state index is 0.226. The maximum absolute atomic E-state index is 6.55. The molecule has 37 heavy (non-hydrogen) atoms. The van der Waals surface area contributed by atoms with Crippen LogP contribution in [-0.4, -0.2) is 55.2 Å². The lowest BCUT2D eigenvalue weighted by atomic mass is 9.43. The molecule has 0 aromatic heterocycles. The van der Waals surface area contributed by atoms with Crippen LogP contribution in [0.2, 0.25) is 0 Å². The first kappa shape index (κ1) is 22.9. The van der Waals surface area contributed by atoms with E-state index in [1.54, 1.807) is 11.1 Å². The summed E-state index contributed by atoms with van der Waals surface area (Å²) >= 11 is 0. The van der Waals surface area contributed by atoms with E-state index < -0.39 is 0 Å². The lowest BCUT2D eigenvalue weighted by Crippen LogP contribution is -2.69. The smallest absolute Gasteiger partial charge is 0.165 e. The number of rotatable bonds is 7. The normalized spacial score (nSPS) is 37.8. The van der Waals surface area contributed by atoms with Crippen LogP contribution >= 0.6 is 0 Å². The van der Waals surface area contributed by atoms with Crippen molar-refractivity contribution in [2.75, 3.05) is 33.4 Å². The molecule has 4 heteroatoms. The van der Waals surface area contributed by atoms with Crippen molar-refractivity contribution in [1.29, 1.82) is 0 Å². The number of fused-ring (bicyclic) bond motifs is 1. The largest absolute Gasteiger partial charge is 0.493 e. The van der Waals surface area contributed by atoms with Crippen LogP contribution in [0.1, 0.15) is 62.1 Å². The first-order valence-electron chi connectivity index (χ1n) is 15.0. The number of hydrogen-bond acceptors (Lipinski definition) is 4. The monoisotopic (exact) mass is 498 g/mol. The Bertz CT molecular complexity index is 1190. The average Bonchev–Trinajstić information content (AvgIpc) is 3.62. The maximum atomic E-state index is 6.55. The molecule has 0 radical (unpaired) electrons. The molecule has 4 aliphatic carbocycles. The van der Waals surface area contributed by atoms with Crippen molar-refractivity contribution >= 4 is 0 Å². The van der Waals surface area contributed by atoms with Crippen LogP contribution in [0.15, 0.2) is 42.5 Å². The summed E-state index contributed by atoms with van der Waals surface area (Å²) in [5, 5.41) is 0. The Balaban J connectivity index is 1.27. The zero-order valence-electron chi connectivity index (χ0n) is 22.6. The highest BCUT2D eigenvalue weighted by atomic mass is 16.5. The lowest BCUT2D eigenvalue weighted by molar-refractivity contribution is -0.106. The van der Waals surface area contributed by atoms with E-state index in [0.717, 1.165) is 35.8 Å². The standard InChI is InChI=1S/C33H42N2O2/c1-3-37-31-27(36-2)12-11-24-17-28-32-14-13-26-29(25(18-32)21-35(26)20-22-7-5-4-6-8-22)33(32,30(24)31)15-16-34(28)19-23-9-10-23/h4-8,11-12,23,25-26,28-29H,3,9-10,13-21H2,1-2H3. The molecule has 2 aromatic rings. The van der Waals surface area contributed by atoms with Gasteiger partial charge in [0.05, 0.1) is 13.7 Å². The van der Waals surface area contributed by atoms with Crippen molar-refractivity contribution in [1.82, 2.24) is 9.80 Å². The van der Waals surface area contributed by atoms with Crippen LogP contribution in [0.4, 0.5) is 0 Å². The van der Waals surface area contributed by atoms with Gasteiger partial charge in [0.2, 0.25) is 0 Å². The quantitative estimate of drug-likeness (QED) is 0.491. The van der Waals surface area contributed by atoms with Gasteiger partial charge in [-0.1, -0.05) is 36.4 Å². The maximum Gasteiger partial charge on any atom is 0.165 e. The third-order valence-electron chi connectivity index (χ3n) is 11.7. The van der Waals surface area contributed by atoms with Crippen molar-refractivity contribution in [3.05, 3.63) is 59.2 Å². The minimum absolute atomic E-state index is 0.226. The summed E-state index contributed by atoms with van der Waals surface area (Å²) in [6.45, 7) is 7.81. The van der Waals surface area contributed by atoms with Crippen LogP contribution in [-0.2, 0) is 18.4 Å². The minimum Gasteiger partial charge on any atom is -0.493 e. The summed E-state index contributed by atoms with van der Waals surface area (Å²) < 4.78 is 12.5. The van der Waals surface area contributed by atoms with Gasteiger partial charge in [-0.3, -0.25) is 9.80 Å². The Labute approximate surface area is 222 Å². The molecule has 2 aliphatic heterocycles. The second-order valence-electron chi connectivity index (χ2n) is 13.1. The molecule has 0 spiro atoms. The molecule has 6 aliphatic rings. The molecule has 5 fully saturated rings. The van der Waals surface area contributed by atoms with Gasteiger partial charge in [0.15, 0.2) is 11.5 Å². The van der Waals surface area contributed by atoms with E-state index >= 15 is 0 Å². The summed E-state index contributed by atoms with van der Waals surface area (Å²) in [6, 6.07) is 17.2. The van der Waals surface area contributed by atoms with Gasteiger partial charge in [-0.05, 0) is 98.8 Å². The van der Waals surface area contributed by atoms with Crippen LogP contribution in [0.5, 0.6) is 11.5 Å². The van der Waals surface area contributed by atoms with E-state index in [-0.39, 0.29) is 5.41 Å². The Morgan fingerprint density at radius 1 is 1.00 bits per heavy atom. The molecule has 8 rings (SSSR count). The lowest BCUT2D eigenvalue weighted by Gasteiger charge is -2.66. The van der Waals surface area contributed by atoms with Crippen molar-refractivity contribution in [3.63, 3.8) is 0 Å². The third-order valence-corrected chi connectivity index (χ3v) is 11.7. The molecule has 2 heterocycles. The van der Waals surface area contributed by atoms with Crippen LogP contribution in [0.25, 0.3) is 0 Å². The van der Waals surface area contributed by atoms with Gasteiger partial charge in [-0.2, -0.15) is 0 Å². The number of ether oxygens (including phenoxy) is 2. The molecule has 0 N–H and O–H groups in total. The predicted octanol–water partition coefficient (Wildman–Crippen LogP) is 5.67. The zero-order chi connectivity index (χ0) is 24.8. The molecule has 4 nitrogen and oxygen atoms in total. The number of benzene rings is 2. The Morgan fingerprint density at radius 3 is 2.65 bits per heavy atom. The van der Waals surface area contributed by atoms with Gasteiger partial charge in [-0.15, -0.1) is 0 Å². The van der Waals surface area contributed by atoms with Crippen molar-refractivity contribution < 1.29 is 9.47 Å². The summed E-state index contributed by atoms with van der Waals surface area (Å²) in [7, 11) is 1.82. The number of nitrogens with zero attached hydrogens (tertiary/aromatic N) is 2. The first-order valence-corrected chi connectivity index (χ1v) is 15.0. The number of likely N-dealkylation sites (tertiary alicyclic amines) is 2. The Morgan fingerprint density at radius 2 is 1.86 bits per heavy atom. The summed E-state index contributed by atoms with van der Waals surface area (Å²) in [4.78, 5) is 5.86. The average molecular weight is 499 g/mol. The number of hydrogen-bond donors (Lipinski definition) is 0. The fourth-order valence-corrected chi connectivity index (χ4v) is 10.6. The summed E-state index contributed by atoms with van der Waals surface area (Å²) in [5.41, 5.74) is 5.23. The van der Waals surface area contributed by atoms with Crippen LogP contribution in [0, 0.1) is 23.2 Å². The predicted molar refractivity (Wildman–Crippen MR) is 146 cm³/mol. The van der Waals surface area contributed by atoms with Gasteiger partial charge in [0, 0.05) is 42.7 Å². The molecule has 4 bridgehead atoms. The van der Waals surface area contributed by atoms with Gasteiger partial charge >= 0.3 is 0 Å². The summed E-state index contributed by atoms with van der Waals surface area (Å²) in [6.07, 6.45) is 9.56. The Kier molecular flexibility index (Phi) is 5.09. The first-order chi connectivity index (χ1) is 18.2. The summed E-state index contributed by atoms with van der Waals surface area (Å²) in [5.74, 6) is 4.53. The zero-order valence-corrected chi connectivity index (χ0v) is 22.6. The van der Waals surface area contributed by atoms with Gasteiger partial charge < -0.3 is 9.47 Å². The molecule has 196 valence electrons. The molecule has 2 aromatic carbocycles. The highest BCUT2D eigenvalue weighted by Gasteiger charge is 2.76. The topological polar surface area (TPSA) is 24.9 Å². The number of methoxy groups -OCH3 is 1. The molecule has 6 unspecified atom stereocenters. The van der Waals surface area contributed by atoms with E-state index in [1.807, 2.05) is 7.11 Å². The molecular formula is C33H42N2O2. The molecule has 0 amide bonds. The van der Waals surface area contributed by atoms with Gasteiger partial charge in [0.1, 0.15) is 0 Å². The molecular weight excluding hydrogens is 456 g/mol. The highest BCUT2D eigenvalue weighted by Crippen LogP contribution is 2.76. The van der Waals surface area contributed by atoms with Gasteiger partial charge in [-0.25, -0.2) is 0 Å². The number of piperidine rings is 1. The second-order valence-corrected chi connectivity index (χ2v) is 13.1. The van der Waals surface area contributed by atoms with E-state index in [2.05, 4.69) is 59.2 Å². The molecule has 2 saturated heterocycles. The van der Waals surface area contributed by atoms with Gasteiger partial charge in [0.25, 0.3) is 0 Å².